The molecule has 1 aliphatic heterocycles. The summed E-state index contributed by atoms with van der Waals surface area (Å²) in [5.41, 5.74) is 0.591. The fourth-order valence-corrected chi connectivity index (χ4v) is 4.11. The summed E-state index contributed by atoms with van der Waals surface area (Å²) in [7, 11) is 0. The van der Waals surface area contributed by atoms with Gasteiger partial charge in [0.15, 0.2) is 0 Å². The van der Waals surface area contributed by atoms with Gasteiger partial charge in [0.2, 0.25) is 0 Å². The number of amides is 2. The molecule has 0 radical (unpaired) electrons. The van der Waals surface area contributed by atoms with Crippen molar-refractivity contribution in [2.24, 2.45) is 17.8 Å². The molecular formula is C17H17NO4. The molecule has 114 valence electrons. The molecule has 22 heavy (non-hydrogen) atoms. The van der Waals surface area contributed by atoms with E-state index in [2.05, 4.69) is 0 Å². The van der Waals surface area contributed by atoms with Crippen molar-refractivity contribution in [3.8, 4) is 0 Å². The lowest BCUT2D eigenvalue weighted by atomic mass is 9.81. The Hall–Kier alpha value is -2.17. The molecule has 2 fully saturated rings. The maximum absolute atomic E-state index is 12.3. The number of hydroxylamine groups is 2. The largest absolute Gasteiger partial charge is 0.336 e. The summed E-state index contributed by atoms with van der Waals surface area (Å²) >= 11 is 0. The van der Waals surface area contributed by atoms with E-state index in [1.54, 1.807) is 24.3 Å². The predicted octanol–water partition coefficient (Wildman–Crippen LogP) is 2.57. The molecule has 0 aromatic heterocycles. The molecule has 0 saturated heterocycles. The van der Waals surface area contributed by atoms with Crippen molar-refractivity contribution in [2.45, 2.75) is 32.1 Å². The molecule has 3 aliphatic rings. The van der Waals surface area contributed by atoms with Gasteiger partial charge in [0, 0.05) is 0 Å². The van der Waals surface area contributed by atoms with Crippen LogP contribution in [0.25, 0.3) is 0 Å². The van der Waals surface area contributed by atoms with Crippen LogP contribution < -0.4 is 0 Å². The van der Waals surface area contributed by atoms with Crippen LogP contribution in [0.2, 0.25) is 0 Å². The van der Waals surface area contributed by atoms with E-state index < -0.39 is 17.8 Å². The number of rotatable bonds is 2. The van der Waals surface area contributed by atoms with Gasteiger partial charge in [-0.3, -0.25) is 9.59 Å². The molecule has 2 atom stereocenters. The summed E-state index contributed by atoms with van der Waals surface area (Å²) in [4.78, 5) is 41.9. The minimum Gasteiger partial charge on any atom is -0.329 e. The topological polar surface area (TPSA) is 63.7 Å². The molecule has 1 aromatic carbocycles. The summed E-state index contributed by atoms with van der Waals surface area (Å²) in [5.74, 6) is -0.529. The number of hydrogen-bond donors (Lipinski definition) is 0. The first-order valence-electron chi connectivity index (χ1n) is 7.83. The van der Waals surface area contributed by atoms with Crippen LogP contribution >= 0.6 is 0 Å². The molecule has 0 N–H and O–H groups in total. The minimum absolute atomic E-state index is 0.185. The minimum atomic E-state index is -0.548. The number of carbonyl (C=O) groups excluding carboxylic acids is 3. The number of fused-ring (bicyclic) bond motifs is 3. The Balaban J connectivity index is 1.49. The number of hydrogen-bond acceptors (Lipinski definition) is 4. The van der Waals surface area contributed by atoms with Gasteiger partial charge in [-0.2, -0.15) is 0 Å². The van der Waals surface area contributed by atoms with Crippen molar-refractivity contribution in [2.75, 3.05) is 0 Å². The van der Waals surface area contributed by atoms with E-state index in [9.17, 15) is 14.4 Å². The first kappa shape index (κ1) is 13.5. The molecule has 1 heterocycles. The highest BCUT2D eigenvalue weighted by molar-refractivity contribution is 6.20. The van der Waals surface area contributed by atoms with Crippen molar-refractivity contribution in [1.29, 1.82) is 0 Å². The fourth-order valence-electron chi connectivity index (χ4n) is 4.11. The van der Waals surface area contributed by atoms with Crippen LogP contribution in [0.5, 0.6) is 0 Å². The number of carbonyl (C=O) groups is 3. The lowest BCUT2D eigenvalue weighted by Gasteiger charge is -2.26. The van der Waals surface area contributed by atoms with Gasteiger partial charge in [-0.15, -0.1) is 0 Å². The molecular weight excluding hydrogens is 282 g/mol. The highest BCUT2D eigenvalue weighted by atomic mass is 16.7. The fraction of sp³-hybridized carbons (Fsp3) is 0.471. The molecule has 0 spiro atoms. The Morgan fingerprint density at radius 2 is 1.50 bits per heavy atom. The van der Waals surface area contributed by atoms with Crippen molar-refractivity contribution in [3.05, 3.63) is 35.4 Å². The van der Waals surface area contributed by atoms with E-state index >= 15 is 0 Å². The van der Waals surface area contributed by atoms with Crippen LogP contribution in [-0.2, 0) is 9.63 Å². The van der Waals surface area contributed by atoms with Crippen LogP contribution in [-0.4, -0.2) is 22.8 Å². The molecule has 4 rings (SSSR count). The van der Waals surface area contributed by atoms with Gasteiger partial charge < -0.3 is 4.84 Å². The summed E-state index contributed by atoms with van der Waals surface area (Å²) in [5, 5.41) is 0.628. The second kappa shape index (κ2) is 4.93. The van der Waals surface area contributed by atoms with Crippen LogP contribution in [0, 0.1) is 17.8 Å². The smallest absolute Gasteiger partial charge is 0.329 e. The Morgan fingerprint density at radius 1 is 0.955 bits per heavy atom. The lowest BCUT2D eigenvalue weighted by molar-refractivity contribution is -0.175. The van der Waals surface area contributed by atoms with Gasteiger partial charge in [0.1, 0.15) is 0 Å². The first-order valence-corrected chi connectivity index (χ1v) is 7.83. The maximum atomic E-state index is 12.3. The Morgan fingerprint density at radius 3 is 2.05 bits per heavy atom. The van der Waals surface area contributed by atoms with E-state index in [1.807, 2.05) is 0 Å². The maximum Gasteiger partial charge on any atom is 0.336 e. The second-order valence-electron chi connectivity index (χ2n) is 6.57. The van der Waals surface area contributed by atoms with Crippen molar-refractivity contribution in [3.63, 3.8) is 0 Å². The average Bonchev–Trinajstić information content (AvgIpc) is 2.99. The zero-order valence-electron chi connectivity index (χ0n) is 12.2. The zero-order valence-corrected chi connectivity index (χ0v) is 12.2. The number of imide groups is 1. The monoisotopic (exact) mass is 299 g/mol. The van der Waals surface area contributed by atoms with Gasteiger partial charge in [0.05, 0.1) is 17.0 Å². The highest BCUT2D eigenvalue weighted by Gasteiger charge is 2.42. The van der Waals surface area contributed by atoms with Crippen LogP contribution in [0.1, 0.15) is 52.8 Å². The molecule has 1 aromatic rings. The standard InChI is InChI=1S/C17H17NO4/c19-15-13-3-1-2-4-14(13)16(20)18(15)22-17(21)12-8-10-5-6-11(7-10)9-12/h1-4,10-12H,5-9H2. The molecule has 2 bridgehead atoms. The quantitative estimate of drug-likeness (QED) is 0.787. The van der Waals surface area contributed by atoms with Gasteiger partial charge in [-0.1, -0.05) is 30.0 Å². The van der Waals surface area contributed by atoms with Crippen molar-refractivity contribution < 1.29 is 19.2 Å². The molecule has 5 nitrogen and oxygen atoms in total. The van der Waals surface area contributed by atoms with Crippen molar-refractivity contribution >= 4 is 17.8 Å². The van der Waals surface area contributed by atoms with Crippen molar-refractivity contribution in [1.82, 2.24) is 5.06 Å². The molecule has 5 heteroatoms. The SMILES string of the molecule is O=C(ON1C(=O)c2ccccc2C1=O)C1CC2CCC(C2)C1. The zero-order chi connectivity index (χ0) is 15.3. The number of nitrogens with zero attached hydrogens (tertiary/aromatic N) is 1. The van der Waals surface area contributed by atoms with Gasteiger partial charge in [-0.05, 0) is 43.2 Å². The van der Waals surface area contributed by atoms with E-state index in [4.69, 9.17) is 4.84 Å². The van der Waals surface area contributed by atoms with E-state index in [-0.39, 0.29) is 5.92 Å². The predicted molar refractivity (Wildman–Crippen MR) is 76.6 cm³/mol. The third kappa shape index (κ3) is 2.03. The molecule has 2 amide bonds. The average molecular weight is 299 g/mol. The van der Waals surface area contributed by atoms with E-state index in [0.717, 1.165) is 12.8 Å². The van der Waals surface area contributed by atoms with Gasteiger partial charge in [-0.25, -0.2) is 4.79 Å². The summed E-state index contributed by atoms with van der Waals surface area (Å²) in [6, 6.07) is 6.52. The molecule has 2 unspecified atom stereocenters. The summed E-state index contributed by atoms with van der Waals surface area (Å²) in [6.45, 7) is 0. The van der Waals surface area contributed by atoms with E-state index in [1.165, 1.54) is 19.3 Å². The Bertz CT molecular complexity index is 621. The third-order valence-electron chi connectivity index (χ3n) is 5.16. The number of benzene rings is 1. The first-order chi connectivity index (χ1) is 10.6. The third-order valence-corrected chi connectivity index (χ3v) is 5.16. The summed E-state index contributed by atoms with van der Waals surface area (Å²) in [6.07, 6.45) is 5.21. The van der Waals surface area contributed by atoms with E-state index in [0.29, 0.717) is 28.0 Å². The molecule has 2 aliphatic carbocycles. The van der Waals surface area contributed by atoms with Gasteiger partial charge in [0.25, 0.3) is 11.8 Å². The molecule has 2 saturated carbocycles. The Kier molecular flexibility index (Phi) is 3.03. The summed E-state index contributed by atoms with van der Waals surface area (Å²) < 4.78 is 0. The van der Waals surface area contributed by atoms with Gasteiger partial charge >= 0.3 is 5.97 Å². The Labute approximate surface area is 128 Å². The lowest BCUT2D eigenvalue weighted by Crippen LogP contribution is -2.36. The van der Waals surface area contributed by atoms with Crippen LogP contribution in [0.15, 0.2) is 24.3 Å². The highest BCUT2D eigenvalue weighted by Crippen LogP contribution is 2.45. The second-order valence-corrected chi connectivity index (χ2v) is 6.57. The van der Waals surface area contributed by atoms with Crippen LogP contribution in [0.3, 0.4) is 0 Å². The van der Waals surface area contributed by atoms with Crippen LogP contribution in [0.4, 0.5) is 0 Å². The normalized spacial score (nSPS) is 29.6.